The molecule has 8 nitrogen and oxygen atoms in total. The second kappa shape index (κ2) is 8.13. The molecular formula is C21H29N5O3S. The van der Waals surface area contributed by atoms with Gasteiger partial charge in [-0.15, -0.1) is 0 Å². The predicted molar refractivity (Wildman–Crippen MR) is 114 cm³/mol. The van der Waals surface area contributed by atoms with Gasteiger partial charge in [0.15, 0.2) is 0 Å². The maximum absolute atomic E-state index is 13.0. The van der Waals surface area contributed by atoms with Crippen LogP contribution in [0, 0.1) is 5.41 Å². The van der Waals surface area contributed by atoms with Gasteiger partial charge >= 0.3 is 0 Å². The van der Waals surface area contributed by atoms with E-state index in [2.05, 4.69) is 15.3 Å². The molecule has 162 valence electrons. The van der Waals surface area contributed by atoms with Gasteiger partial charge in [0.2, 0.25) is 15.9 Å². The average molecular weight is 432 g/mol. The highest BCUT2D eigenvalue weighted by molar-refractivity contribution is 7.89. The summed E-state index contributed by atoms with van der Waals surface area (Å²) in [5, 5.41) is 7.10. The Balaban J connectivity index is 1.40. The van der Waals surface area contributed by atoms with Crippen LogP contribution in [0.15, 0.2) is 47.6 Å². The summed E-state index contributed by atoms with van der Waals surface area (Å²) >= 11 is 0. The number of hydrogen-bond acceptors (Lipinski definition) is 5. The first-order valence-corrected chi connectivity index (χ1v) is 11.9. The van der Waals surface area contributed by atoms with E-state index in [4.69, 9.17) is 0 Å². The molecule has 4 rings (SSSR count). The number of para-hydroxylation sites is 1. The van der Waals surface area contributed by atoms with E-state index in [1.807, 2.05) is 44.3 Å². The Morgan fingerprint density at radius 2 is 1.93 bits per heavy atom. The normalized spacial score (nSPS) is 22.4. The molecule has 1 spiro atoms. The van der Waals surface area contributed by atoms with Crippen LogP contribution in [0.2, 0.25) is 0 Å². The highest BCUT2D eigenvalue weighted by atomic mass is 32.2. The van der Waals surface area contributed by atoms with Gasteiger partial charge in [-0.2, -0.15) is 9.40 Å². The largest absolute Gasteiger partial charge is 0.325 e. The van der Waals surface area contributed by atoms with Gasteiger partial charge in [0.1, 0.15) is 4.90 Å². The Kier molecular flexibility index (Phi) is 5.69. The summed E-state index contributed by atoms with van der Waals surface area (Å²) in [6.45, 7) is 4.31. The molecule has 0 bridgehead atoms. The van der Waals surface area contributed by atoms with Crippen LogP contribution in [-0.2, 0) is 21.4 Å². The molecule has 3 heterocycles. The van der Waals surface area contributed by atoms with E-state index >= 15 is 0 Å². The lowest BCUT2D eigenvalue weighted by atomic mass is 9.77. The fourth-order valence-corrected chi connectivity index (χ4v) is 6.07. The molecular weight excluding hydrogens is 402 g/mol. The van der Waals surface area contributed by atoms with E-state index in [0.29, 0.717) is 19.6 Å². The molecule has 30 heavy (non-hydrogen) atoms. The third-order valence-electron chi connectivity index (χ3n) is 6.44. The zero-order valence-corrected chi connectivity index (χ0v) is 18.3. The lowest BCUT2D eigenvalue weighted by molar-refractivity contribution is -0.120. The average Bonchev–Trinajstić information content (AvgIpc) is 3.34. The molecule has 1 N–H and O–H groups in total. The first-order chi connectivity index (χ1) is 14.3. The van der Waals surface area contributed by atoms with Crippen molar-refractivity contribution in [3.05, 3.63) is 42.7 Å². The van der Waals surface area contributed by atoms with Crippen LogP contribution in [0.4, 0.5) is 5.69 Å². The van der Waals surface area contributed by atoms with E-state index in [-0.39, 0.29) is 22.3 Å². The Morgan fingerprint density at radius 1 is 1.23 bits per heavy atom. The second-order valence-electron chi connectivity index (χ2n) is 8.43. The standard InChI is InChI=1S/C21H29N5O3S/c1-3-25-15-18(14-22-25)30(28,29)26-11-9-21(10-12-26)13-19(24(2)16-21)20(27)23-17-7-5-4-6-8-17/h4-8,14-15,19H,3,9-13,16H2,1-2H3,(H,23,27). The van der Waals surface area contributed by atoms with Crippen molar-refractivity contribution >= 4 is 21.6 Å². The third kappa shape index (κ3) is 4.01. The molecule has 2 aliphatic heterocycles. The van der Waals surface area contributed by atoms with E-state index in [0.717, 1.165) is 31.5 Å². The molecule has 2 saturated heterocycles. The first-order valence-electron chi connectivity index (χ1n) is 10.4. The van der Waals surface area contributed by atoms with Crippen molar-refractivity contribution in [3.63, 3.8) is 0 Å². The number of likely N-dealkylation sites (N-methyl/N-ethyl adjacent to an activating group) is 1. The van der Waals surface area contributed by atoms with Crippen molar-refractivity contribution < 1.29 is 13.2 Å². The number of carbonyl (C=O) groups excluding carboxylic acids is 1. The minimum Gasteiger partial charge on any atom is -0.325 e. The second-order valence-corrected chi connectivity index (χ2v) is 10.4. The molecule has 0 saturated carbocycles. The number of aromatic nitrogens is 2. The van der Waals surface area contributed by atoms with E-state index < -0.39 is 10.0 Å². The van der Waals surface area contributed by atoms with Crippen molar-refractivity contribution in [2.75, 3.05) is 32.0 Å². The summed E-state index contributed by atoms with van der Waals surface area (Å²) in [6.07, 6.45) is 5.29. The van der Waals surface area contributed by atoms with E-state index in [9.17, 15) is 13.2 Å². The lowest BCUT2D eigenvalue weighted by Crippen LogP contribution is -2.44. The molecule has 2 aliphatic rings. The maximum Gasteiger partial charge on any atom is 0.246 e. The van der Waals surface area contributed by atoms with Gasteiger partial charge in [0, 0.05) is 38.1 Å². The van der Waals surface area contributed by atoms with Crippen LogP contribution >= 0.6 is 0 Å². The van der Waals surface area contributed by atoms with Gasteiger partial charge < -0.3 is 5.32 Å². The Morgan fingerprint density at radius 3 is 2.57 bits per heavy atom. The highest BCUT2D eigenvalue weighted by Gasteiger charge is 2.48. The molecule has 2 aromatic rings. The third-order valence-corrected chi connectivity index (χ3v) is 8.29. The van der Waals surface area contributed by atoms with Crippen LogP contribution in [0.5, 0.6) is 0 Å². The van der Waals surface area contributed by atoms with Crippen molar-refractivity contribution in [3.8, 4) is 0 Å². The molecule has 2 fully saturated rings. The van der Waals surface area contributed by atoms with Crippen LogP contribution in [-0.4, -0.2) is 66.0 Å². The fraction of sp³-hybridized carbons (Fsp3) is 0.524. The zero-order chi connectivity index (χ0) is 21.4. The number of aryl methyl sites for hydroxylation is 1. The number of piperidine rings is 1. The minimum atomic E-state index is -3.52. The van der Waals surface area contributed by atoms with Gasteiger partial charge in [0.05, 0.1) is 12.2 Å². The molecule has 1 amide bonds. The number of rotatable bonds is 5. The first kappa shape index (κ1) is 21.0. The smallest absolute Gasteiger partial charge is 0.246 e. The molecule has 1 aromatic heterocycles. The van der Waals surface area contributed by atoms with Crippen molar-refractivity contribution in [1.29, 1.82) is 0 Å². The minimum absolute atomic E-state index is 0.00241. The number of hydrogen-bond donors (Lipinski definition) is 1. The Bertz CT molecular complexity index is 997. The van der Waals surface area contributed by atoms with Crippen LogP contribution in [0.25, 0.3) is 0 Å². The number of carbonyl (C=O) groups is 1. The van der Waals surface area contributed by atoms with Crippen molar-refractivity contribution in [1.82, 2.24) is 19.0 Å². The van der Waals surface area contributed by atoms with Crippen LogP contribution in [0.3, 0.4) is 0 Å². The Hall–Kier alpha value is -2.23. The zero-order valence-electron chi connectivity index (χ0n) is 17.5. The quantitative estimate of drug-likeness (QED) is 0.783. The molecule has 0 aliphatic carbocycles. The SMILES string of the molecule is CCn1cc(S(=O)(=O)N2CCC3(CC2)CC(C(=O)Nc2ccccc2)N(C)C3)cn1. The molecule has 9 heteroatoms. The summed E-state index contributed by atoms with van der Waals surface area (Å²) in [5.74, 6) is 0.00241. The van der Waals surface area contributed by atoms with E-state index in [1.54, 1.807) is 15.2 Å². The van der Waals surface area contributed by atoms with Crippen LogP contribution < -0.4 is 5.32 Å². The van der Waals surface area contributed by atoms with E-state index in [1.165, 1.54) is 6.20 Å². The Labute approximate surface area is 177 Å². The summed E-state index contributed by atoms with van der Waals surface area (Å²) < 4.78 is 29.1. The fourth-order valence-electron chi connectivity index (χ4n) is 4.67. The predicted octanol–water partition coefficient (Wildman–Crippen LogP) is 2.02. The number of likely N-dealkylation sites (tertiary alicyclic amines) is 1. The molecule has 0 radical (unpaired) electrons. The molecule has 1 unspecified atom stereocenters. The van der Waals surface area contributed by atoms with Crippen LogP contribution in [0.1, 0.15) is 26.2 Å². The lowest BCUT2D eigenvalue weighted by Gasteiger charge is -2.38. The topological polar surface area (TPSA) is 87.5 Å². The van der Waals surface area contributed by atoms with Crippen molar-refractivity contribution in [2.24, 2.45) is 5.41 Å². The summed E-state index contributed by atoms with van der Waals surface area (Å²) in [7, 11) is -1.55. The number of nitrogens with one attached hydrogen (secondary N) is 1. The van der Waals surface area contributed by atoms with Gasteiger partial charge in [-0.3, -0.25) is 14.4 Å². The van der Waals surface area contributed by atoms with Gasteiger partial charge in [-0.05, 0) is 50.8 Å². The number of sulfonamides is 1. The van der Waals surface area contributed by atoms with Gasteiger partial charge in [-0.25, -0.2) is 8.42 Å². The number of anilines is 1. The summed E-state index contributed by atoms with van der Waals surface area (Å²) in [4.78, 5) is 15.2. The summed E-state index contributed by atoms with van der Waals surface area (Å²) in [5.41, 5.74) is 0.776. The summed E-state index contributed by atoms with van der Waals surface area (Å²) in [6, 6.07) is 9.28. The van der Waals surface area contributed by atoms with Gasteiger partial charge in [0.25, 0.3) is 0 Å². The van der Waals surface area contributed by atoms with Gasteiger partial charge in [-0.1, -0.05) is 18.2 Å². The number of benzene rings is 1. The number of nitrogens with zero attached hydrogens (tertiary/aromatic N) is 4. The van der Waals surface area contributed by atoms with Crippen molar-refractivity contribution in [2.45, 2.75) is 43.7 Å². The molecule has 1 atom stereocenters. The maximum atomic E-state index is 13.0. The number of amides is 1. The monoisotopic (exact) mass is 431 g/mol. The molecule has 1 aromatic carbocycles. The highest BCUT2D eigenvalue weighted by Crippen LogP contribution is 2.43.